The molecule has 13 heteroatoms. The van der Waals surface area contributed by atoms with Crippen LogP contribution in [0.15, 0.2) is 4.99 Å². The molecule has 0 aromatic rings. The van der Waals surface area contributed by atoms with Gasteiger partial charge in [0.25, 0.3) is 7.82 Å². The number of ether oxygens (including phenoxy) is 1. The first kappa shape index (κ1) is 24.7. The van der Waals surface area contributed by atoms with E-state index in [0.717, 1.165) is 6.92 Å². The molecule has 1 heterocycles. The van der Waals surface area contributed by atoms with Crippen molar-refractivity contribution < 1.29 is 103 Å². The molecule has 1 saturated heterocycles. The SMILES string of the molecule is CC([O-])=NC1C(O)OC(COP(=O)([O-])O)[C@@H](O)[C@H]1O.[Na+].[Na+]. The molecule has 1 aliphatic rings. The third-order valence-corrected chi connectivity index (χ3v) is 2.90. The molecule has 0 radical (unpaired) electrons. The molecule has 0 amide bonds. The number of hydrogen-bond acceptors (Lipinski definition) is 9. The van der Waals surface area contributed by atoms with Gasteiger partial charge in [0.2, 0.25) is 0 Å². The summed E-state index contributed by atoms with van der Waals surface area (Å²) in [6.45, 7) is 0.278. The van der Waals surface area contributed by atoms with E-state index >= 15 is 0 Å². The van der Waals surface area contributed by atoms with Gasteiger partial charge in [-0.3, -0.25) is 9.56 Å². The Kier molecular flexibility index (Phi) is 12.1. The Morgan fingerprint density at radius 3 is 2.29 bits per heavy atom. The summed E-state index contributed by atoms with van der Waals surface area (Å²) in [6, 6.07) is -1.39. The molecular formula is C8H14NNa2O9P. The number of aliphatic hydroxyl groups excluding tert-OH is 3. The molecule has 10 nitrogen and oxygen atoms in total. The quantitative estimate of drug-likeness (QED) is 0.167. The molecule has 21 heavy (non-hydrogen) atoms. The van der Waals surface area contributed by atoms with Crippen molar-refractivity contribution in [1.29, 1.82) is 0 Å². The van der Waals surface area contributed by atoms with Crippen molar-refractivity contribution >= 4 is 13.7 Å². The Morgan fingerprint density at radius 2 is 1.86 bits per heavy atom. The molecule has 4 N–H and O–H groups in total. The Hall–Kier alpha value is 1.42. The average molecular weight is 345 g/mol. The maximum absolute atomic E-state index is 10.8. The fourth-order valence-corrected chi connectivity index (χ4v) is 1.92. The van der Waals surface area contributed by atoms with Gasteiger partial charge in [-0.15, -0.1) is 0 Å². The maximum atomic E-state index is 10.8. The molecule has 0 aromatic carbocycles. The summed E-state index contributed by atoms with van der Waals surface area (Å²) in [7, 11) is -5.02. The monoisotopic (exact) mass is 345 g/mol. The van der Waals surface area contributed by atoms with Crippen LogP contribution in [0.4, 0.5) is 0 Å². The second-order valence-corrected chi connectivity index (χ2v) is 5.14. The van der Waals surface area contributed by atoms with Gasteiger partial charge in [0.15, 0.2) is 6.29 Å². The number of nitrogens with zero attached hydrogens (tertiary/aromatic N) is 1. The van der Waals surface area contributed by atoms with Gasteiger partial charge in [-0.1, -0.05) is 0 Å². The molecule has 4 unspecified atom stereocenters. The van der Waals surface area contributed by atoms with Crippen LogP contribution < -0.4 is 69.1 Å². The predicted octanol–water partition coefficient (Wildman–Crippen LogP) is -9.94. The number of phosphoric acid groups is 1. The van der Waals surface area contributed by atoms with Crippen LogP contribution in [-0.4, -0.2) is 63.4 Å². The predicted molar refractivity (Wildman–Crippen MR) is 55.6 cm³/mol. The van der Waals surface area contributed by atoms with Crippen LogP contribution in [0, 0.1) is 0 Å². The van der Waals surface area contributed by atoms with Crippen LogP contribution in [-0.2, 0) is 13.8 Å². The molecule has 0 spiro atoms. The summed E-state index contributed by atoms with van der Waals surface area (Å²) in [5.74, 6) is -0.687. The van der Waals surface area contributed by atoms with E-state index in [1.165, 1.54) is 0 Å². The number of phosphoric ester groups is 1. The van der Waals surface area contributed by atoms with Crippen LogP contribution >= 0.6 is 7.82 Å². The van der Waals surface area contributed by atoms with Crippen molar-refractivity contribution in [2.45, 2.75) is 37.6 Å². The fraction of sp³-hybridized carbons (Fsp3) is 0.875. The van der Waals surface area contributed by atoms with E-state index in [1.807, 2.05) is 0 Å². The minimum absolute atomic E-state index is 0. The van der Waals surface area contributed by atoms with E-state index in [-0.39, 0.29) is 59.1 Å². The van der Waals surface area contributed by atoms with Gasteiger partial charge in [0, 0.05) is 0 Å². The Morgan fingerprint density at radius 1 is 1.33 bits per heavy atom. The van der Waals surface area contributed by atoms with Gasteiger partial charge in [-0.25, -0.2) is 0 Å². The molecule has 0 aliphatic carbocycles. The summed E-state index contributed by atoms with van der Waals surface area (Å²) in [5.41, 5.74) is 0. The van der Waals surface area contributed by atoms with Gasteiger partial charge in [-0.2, -0.15) is 0 Å². The second-order valence-electron chi connectivity index (χ2n) is 3.95. The van der Waals surface area contributed by atoms with Gasteiger partial charge in [0.1, 0.15) is 24.4 Å². The second kappa shape index (κ2) is 10.3. The molecular weight excluding hydrogens is 331 g/mol. The van der Waals surface area contributed by atoms with E-state index in [2.05, 4.69) is 9.52 Å². The molecule has 1 aliphatic heterocycles. The van der Waals surface area contributed by atoms with Crippen LogP contribution in [0.1, 0.15) is 6.92 Å². The summed E-state index contributed by atoms with van der Waals surface area (Å²) < 4.78 is 19.2. The first-order valence-corrected chi connectivity index (χ1v) is 6.71. The van der Waals surface area contributed by atoms with Crippen LogP contribution in [0.2, 0.25) is 0 Å². The van der Waals surface area contributed by atoms with E-state index in [4.69, 9.17) is 9.63 Å². The third-order valence-electron chi connectivity index (χ3n) is 2.42. The Balaban J connectivity index is 0. The van der Waals surface area contributed by atoms with Gasteiger partial charge < -0.3 is 39.5 Å². The molecule has 6 atom stereocenters. The van der Waals surface area contributed by atoms with Crippen molar-refractivity contribution in [2.75, 3.05) is 6.61 Å². The Bertz CT molecular complexity index is 388. The molecule has 112 valence electrons. The zero-order chi connectivity index (χ0) is 14.8. The number of aliphatic imine (C=N–C) groups is 1. The smallest absolute Gasteiger partial charge is 0.862 e. The largest absolute Gasteiger partial charge is 1.00 e. The van der Waals surface area contributed by atoms with Crippen molar-refractivity contribution in [3.8, 4) is 0 Å². The molecule has 0 bridgehead atoms. The zero-order valence-corrected chi connectivity index (χ0v) is 16.7. The van der Waals surface area contributed by atoms with Gasteiger partial charge in [-0.05, 0) is 12.8 Å². The van der Waals surface area contributed by atoms with E-state index in [1.54, 1.807) is 0 Å². The summed E-state index contributed by atoms with van der Waals surface area (Å²) in [4.78, 5) is 22.1. The van der Waals surface area contributed by atoms with Crippen LogP contribution in [0.3, 0.4) is 0 Å². The van der Waals surface area contributed by atoms with Crippen molar-refractivity contribution in [3.05, 3.63) is 0 Å². The van der Waals surface area contributed by atoms with Gasteiger partial charge >= 0.3 is 59.1 Å². The van der Waals surface area contributed by atoms with Crippen LogP contribution in [0.25, 0.3) is 0 Å². The number of rotatable bonds is 4. The summed E-state index contributed by atoms with van der Waals surface area (Å²) >= 11 is 0. The number of hydrogen-bond donors (Lipinski definition) is 4. The van der Waals surface area contributed by atoms with E-state index in [9.17, 15) is 29.9 Å². The first-order chi connectivity index (χ1) is 8.61. The van der Waals surface area contributed by atoms with Crippen LogP contribution in [0.5, 0.6) is 0 Å². The average Bonchev–Trinajstić information content (AvgIpc) is 2.26. The van der Waals surface area contributed by atoms with E-state index < -0.39 is 51.0 Å². The molecule has 0 aromatic heterocycles. The van der Waals surface area contributed by atoms with Gasteiger partial charge in [0.05, 0.1) is 6.61 Å². The minimum Gasteiger partial charge on any atom is -0.862 e. The van der Waals surface area contributed by atoms with E-state index in [0.29, 0.717) is 0 Å². The molecule has 1 rings (SSSR count). The first-order valence-electron chi connectivity index (χ1n) is 5.21. The van der Waals surface area contributed by atoms with Crippen molar-refractivity contribution in [3.63, 3.8) is 0 Å². The van der Waals surface area contributed by atoms with Crippen molar-refractivity contribution in [1.82, 2.24) is 0 Å². The molecule has 1 fully saturated rings. The maximum Gasteiger partial charge on any atom is 1.00 e. The fourth-order valence-electron chi connectivity index (χ4n) is 1.59. The third kappa shape index (κ3) is 8.18. The van der Waals surface area contributed by atoms with Crippen molar-refractivity contribution in [2.24, 2.45) is 4.99 Å². The minimum atomic E-state index is -5.02. The standard InChI is InChI=1S/C8H16NO9P.2Na/c1-3(10)9-5-7(12)6(11)4(18-8(5)13)2-17-19(14,15)16;;/h4-8,11-13H,2H2,1H3,(H,9,10)(H2,14,15,16);;/q;2*+1/p-2/t4?,5?,6-,7+,8?;;/m1../s1. The summed E-state index contributed by atoms with van der Waals surface area (Å²) in [6.07, 6.45) is -6.42. The summed E-state index contributed by atoms with van der Waals surface area (Å²) in [5, 5.41) is 39.6. The zero-order valence-electron chi connectivity index (χ0n) is 11.8. The normalized spacial score (nSPS) is 36.1. The number of aliphatic hydroxyl groups is 3. The molecule has 0 saturated carbocycles. The topological polar surface area (TPSA) is 175 Å². The Labute approximate surface area is 165 Å².